The van der Waals surface area contributed by atoms with Crippen LogP contribution in [0.25, 0.3) is 0 Å². The summed E-state index contributed by atoms with van der Waals surface area (Å²) in [5, 5.41) is 20.2. The van der Waals surface area contributed by atoms with Crippen LogP contribution in [0.1, 0.15) is 32.1 Å². The molecule has 0 saturated carbocycles. The molecular formula is C20H44N2O11Si4. The van der Waals surface area contributed by atoms with Crippen LogP contribution in [0, 0.1) is 0 Å². The van der Waals surface area contributed by atoms with Crippen LogP contribution in [0.2, 0.25) is 51.9 Å². The second-order valence-electron chi connectivity index (χ2n) is 10.4. The SMILES string of the molecule is C[Si](C)(O)O[Si](C)(C)O[Si](C)(CCCN(CCNC(=O)CCC(=O)O)C(=O)CCC(=O)O)O[Si](C)(C)O. The number of carbonyl (C=O) groups is 4. The Balaban J connectivity index is 5.34. The van der Waals surface area contributed by atoms with Crippen LogP contribution in [0.5, 0.6) is 0 Å². The van der Waals surface area contributed by atoms with E-state index in [1.54, 1.807) is 45.8 Å². The highest BCUT2D eigenvalue weighted by Crippen LogP contribution is 2.27. The topological polar surface area (TPSA) is 192 Å². The number of amides is 2. The fraction of sp³-hybridized carbons (Fsp3) is 0.800. The predicted octanol–water partition coefficient (Wildman–Crippen LogP) is 1.26. The second-order valence-corrected chi connectivity index (χ2v) is 24.2. The highest BCUT2D eigenvalue weighted by Gasteiger charge is 2.45. The lowest BCUT2D eigenvalue weighted by atomic mass is 10.2. The molecule has 1 unspecified atom stereocenters. The zero-order valence-electron chi connectivity index (χ0n) is 23.0. The van der Waals surface area contributed by atoms with Gasteiger partial charge in [-0.25, -0.2) is 0 Å². The van der Waals surface area contributed by atoms with Crippen molar-refractivity contribution in [2.45, 2.75) is 84.0 Å². The highest BCUT2D eigenvalue weighted by atomic mass is 28.5. The van der Waals surface area contributed by atoms with Crippen molar-refractivity contribution < 1.29 is 51.3 Å². The van der Waals surface area contributed by atoms with E-state index in [1.165, 1.54) is 4.90 Å². The van der Waals surface area contributed by atoms with E-state index < -0.39 is 58.0 Å². The number of hydrogen-bond donors (Lipinski definition) is 5. The van der Waals surface area contributed by atoms with Crippen molar-refractivity contribution >= 4 is 58.0 Å². The normalized spacial score (nSPS) is 14.1. The van der Waals surface area contributed by atoms with Gasteiger partial charge in [-0.15, -0.1) is 0 Å². The number of carboxylic acid groups (broad SMARTS) is 2. The van der Waals surface area contributed by atoms with Gasteiger partial charge >= 0.3 is 46.2 Å². The molecule has 0 aromatic rings. The monoisotopic (exact) mass is 600 g/mol. The van der Waals surface area contributed by atoms with Gasteiger partial charge in [0.05, 0.1) is 12.8 Å². The molecule has 0 bridgehead atoms. The Morgan fingerprint density at radius 1 is 0.730 bits per heavy atom. The van der Waals surface area contributed by atoms with Gasteiger partial charge in [0.1, 0.15) is 0 Å². The molecule has 1 atom stereocenters. The number of aliphatic carboxylic acids is 2. The molecule has 0 spiro atoms. The zero-order valence-corrected chi connectivity index (χ0v) is 27.0. The summed E-state index contributed by atoms with van der Waals surface area (Å²) < 4.78 is 18.3. The average Bonchev–Trinajstić information content (AvgIpc) is 2.65. The lowest BCUT2D eigenvalue weighted by molar-refractivity contribution is -0.141. The molecule has 0 aromatic carbocycles. The Labute approximate surface area is 223 Å². The molecule has 216 valence electrons. The number of nitrogens with one attached hydrogen (secondary N) is 1. The molecule has 0 radical (unpaired) electrons. The minimum atomic E-state index is -3.03. The molecule has 0 aliphatic carbocycles. The Morgan fingerprint density at radius 3 is 1.73 bits per heavy atom. The van der Waals surface area contributed by atoms with Gasteiger partial charge < -0.3 is 42.4 Å². The van der Waals surface area contributed by atoms with Gasteiger partial charge in [0.2, 0.25) is 11.8 Å². The van der Waals surface area contributed by atoms with Crippen LogP contribution in [0.15, 0.2) is 0 Å². The minimum Gasteiger partial charge on any atom is -0.481 e. The van der Waals surface area contributed by atoms with Gasteiger partial charge in [0.25, 0.3) is 0 Å². The first-order chi connectivity index (χ1) is 16.6. The molecule has 0 fully saturated rings. The largest absolute Gasteiger partial charge is 0.481 e. The first kappa shape index (κ1) is 35.5. The van der Waals surface area contributed by atoms with E-state index in [0.717, 1.165) is 0 Å². The lowest BCUT2D eigenvalue weighted by Crippen LogP contribution is -2.58. The summed E-state index contributed by atoms with van der Waals surface area (Å²) in [5.41, 5.74) is 0. The van der Waals surface area contributed by atoms with Gasteiger partial charge in [0, 0.05) is 32.5 Å². The maximum absolute atomic E-state index is 12.7. The van der Waals surface area contributed by atoms with E-state index in [2.05, 4.69) is 5.32 Å². The summed E-state index contributed by atoms with van der Waals surface area (Å²) in [6.07, 6.45) is -0.605. The van der Waals surface area contributed by atoms with Crippen molar-refractivity contribution in [3.8, 4) is 0 Å². The van der Waals surface area contributed by atoms with Crippen LogP contribution < -0.4 is 5.32 Å². The van der Waals surface area contributed by atoms with E-state index in [1.807, 2.05) is 0 Å². The summed E-state index contributed by atoms with van der Waals surface area (Å²) in [6, 6.07) is 0.394. The van der Waals surface area contributed by atoms with Crippen LogP contribution in [-0.2, 0) is 31.5 Å². The smallest absolute Gasteiger partial charge is 0.320 e. The number of rotatable bonds is 19. The van der Waals surface area contributed by atoms with Crippen LogP contribution >= 0.6 is 0 Å². The van der Waals surface area contributed by atoms with E-state index >= 15 is 0 Å². The predicted molar refractivity (Wildman–Crippen MR) is 145 cm³/mol. The molecule has 17 heteroatoms. The Hall–Kier alpha value is -1.45. The standard InChI is InChI=1S/C20H44N2O11Si4/c1-34(2,29)31-36(5,6)33-37(7,32-35(3,4)30)16-8-14-22(18(24)10-12-20(27)28)15-13-21-17(23)9-11-19(25)26/h29-30H,8-16H2,1-7H3,(H,21,23)(H,25,26)(H,27,28). The summed E-state index contributed by atoms with van der Waals surface area (Å²) in [7, 11) is -11.7. The molecule has 2 amide bonds. The average molecular weight is 601 g/mol. The highest BCUT2D eigenvalue weighted by molar-refractivity contribution is 6.87. The maximum Gasteiger partial charge on any atom is 0.320 e. The molecule has 0 aliphatic rings. The molecule has 13 nitrogen and oxygen atoms in total. The Kier molecular flexibility index (Phi) is 14.6. The van der Waals surface area contributed by atoms with Crippen LogP contribution in [0.4, 0.5) is 0 Å². The molecule has 0 aromatic heterocycles. The van der Waals surface area contributed by atoms with Crippen molar-refractivity contribution in [2.24, 2.45) is 0 Å². The first-order valence-corrected chi connectivity index (χ1v) is 23.2. The first-order valence-electron chi connectivity index (χ1n) is 12.2. The fourth-order valence-corrected chi connectivity index (χ4v) is 19.7. The maximum atomic E-state index is 12.7. The van der Waals surface area contributed by atoms with Gasteiger partial charge in [-0.05, 0) is 58.3 Å². The number of carbonyl (C=O) groups excluding carboxylic acids is 2. The minimum absolute atomic E-state index is 0.0829. The van der Waals surface area contributed by atoms with Gasteiger partial charge in [-0.1, -0.05) is 0 Å². The molecular weight excluding hydrogens is 557 g/mol. The van der Waals surface area contributed by atoms with E-state index in [4.69, 9.17) is 22.6 Å². The third-order valence-corrected chi connectivity index (χ3v) is 17.3. The van der Waals surface area contributed by atoms with Gasteiger partial charge in [0.15, 0.2) is 0 Å². The number of nitrogens with zero attached hydrogens (tertiary/aromatic N) is 1. The molecule has 37 heavy (non-hydrogen) atoms. The van der Waals surface area contributed by atoms with Crippen molar-refractivity contribution in [1.29, 1.82) is 0 Å². The van der Waals surface area contributed by atoms with Gasteiger partial charge in [-0.3, -0.25) is 19.2 Å². The third-order valence-electron chi connectivity index (χ3n) is 4.66. The van der Waals surface area contributed by atoms with Crippen molar-refractivity contribution in [3.63, 3.8) is 0 Å². The van der Waals surface area contributed by atoms with Crippen LogP contribution in [0.3, 0.4) is 0 Å². The van der Waals surface area contributed by atoms with E-state index in [9.17, 15) is 28.8 Å². The lowest BCUT2D eigenvalue weighted by Gasteiger charge is -2.40. The molecule has 0 rings (SSSR count). The molecule has 0 saturated heterocycles. The summed E-state index contributed by atoms with van der Waals surface area (Å²) in [6.45, 7) is 12.3. The van der Waals surface area contributed by atoms with Crippen molar-refractivity contribution in [3.05, 3.63) is 0 Å². The fourth-order valence-electron chi connectivity index (χ4n) is 3.76. The number of carboxylic acids is 2. The summed E-state index contributed by atoms with van der Waals surface area (Å²) in [4.78, 5) is 68.1. The Morgan fingerprint density at radius 2 is 1.24 bits per heavy atom. The quantitative estimate of drug-likeness (QED) is 0.134. The van der Waals surface area contributed by atoms with E-state index in [-0.39, 0.29) is 45.3 Å². The summed E-state index contributed by atoms with van der Waals surface area (Å²) in [5.74, 6) is -3.04. The van der Waals surface area contributed by atoms with Crippen molar-refractivity contribution in [2.75, 3.05) is 19.6 Å². The summed E-state index contributed by atoms with van der Waals surface area (Å²) >= 11 is 0. The van der Waals surface area contributed by atoms with Gasteiger partial charge in [-0.2, -0.15) is 0 Å². The van der Waals surface area contributed by atoms with Crippen molar-refractivity contribution in [1.82, 2.24) is 10.2 Å². The second kappa shape index (κ2) is 15.2. The van der Waals surface area contributed by atoms with E-state index in [0.29, 0.717) is 12.5 Å². The molecule has 5 N–H and O–H groups in total. The molecule has 0 aliphatic heterocycles. The molecule has 0 heterocycles. The van der Waals surface area contributed by atoms with Crippen LogP contribution in [-0.4, -0.2) is 102 Å². The number of hydrogen-bond acceptors (Lipinski definition) is 9. The third kappa shape index (κ3) is 19.3. The zero-order chi connectivity index (χ0) is 29.1. The Bertz CT molecular complexity index is 787.